The van der Waals surface area contributed by atoms with Crippen molar-refractivity contribution in [1.29, 1.82) is 5.26 Å². The van der Waals surface area contributed by atoms with E-state index in [1.165, 1.54) is 10.6 Å². The molecule has 3 rings (SSSR count). The fraction of sp³-hybridized carbons (Fsp3) is 0.450. The minimum Gasteiger partial charge on any atom is -0.348 e. The molecule has 0 spiro atoms. The smallest absolute Gasteiger partial charge is 0.224 e. The Morgan fingerprint density at radius 3 is 2.76 bits per heavy atom. The summed E-state index contributed by atoms with van der Waals surface area (Å²) >= 11 is 0. The fourth-order valence-corrected chi connectivity index (χ4v) is 4.48. The molecule has 1 aliphatic rings. The number of benzene rings is 1. The van der Waals surface area contributed by atoms with Crippen molar-refractivity contribution in [1.82, 2.24) is 19.2 Å². The maximum atomic E-state index is 12.7. The first-order valence-corrected chi connectivity index (χ1v) is 11.4. The molecule has 1 N–H and O–H groups in total. The number of nitrogens with one attached hydrogen (secondary N) is 1. The van der Waals surface area contributed by atoms with Gasteiger partial charge in [-0.15, -0.1) is 0 Å². The number of nitrogens with zero attached hydrogens (tertiary/aromatic N) is 4. The summed E-state index contributed by atoms with van der Waals surface area (Å²) in [7, 11) is -3.29. The minimum atomic E-state index is -3.29. The molecule has 0 aliphatic carbocycles. The Hall–Kier alpha value is -2.70. The Balaban J connectivity index is 1.65. The highest BCUT2D eigenvalue weighted by Crippen LogP contribution is 2.21. The van der Waals surface area contributed by atoms with Crippen LogP contribution in [0, 0.1) is 17.2 Å². The zero-order chi connectivity index (χ0) is 21.0. The number of carbonyl (C=O) groups excluding carboxylic acids is 1. The number of carbonyl (C=O) groups is 1. The van der Waals surface area contributed by atoms with E-state index >= 15 is 0 Å². The van der Waals surface area contributed by atoms with Crippen molar-refractivity contribution in [3.05, 3.63) is 53.6 Å². The average molecular weight is 416 g/mol. The van der Waals surface area contributed by atoms with Crippen molar-refractivity contribution >= 4 is 15.9 Å². The van der Waals surface area contributed by atoms with Gasteiger partial charge in [0.2, 0.25) is 15.9 Å². The number of hydrogen-bond donors (Lipinski definition) is 1. The summed E-state index contributed by atoms with van der Waals surface area (Å²) in [5.74, 6) is -0.493. The summed E-state index contributed by atoms with van der Waals surface area (Å²) in [4.78, 5) is 16.9. The van der Waals surface area contributed by atoms with Gasteiger partial charge in [-0.1, -0.05) is 12.1 Å². The lowest BCUT2D eigenvalue weighted by Crippen LogP contribution is -2.45. The van der Waals surface area contributed by atoms with Crippen LogP contribution in [0.1, 0.15) is 42.6 Å². The van der Waals surface area contributed by atoms with Crippen LogP contribution in [0.5, 0.6) is 0 Å². The summed E-state index contributed by atoms with van der Waals surface area (Å²) in [6.07, 6.45) is 5.96. The number of piperidine rings is 1. The van der Waals surface area contributed by atoms with E-state index in [0.29, 0.717) is 31.5 Å². The van der Waals surface area contributed by atoms with Gasteiger partial charge in [0.05, 0.1) is 48.1 Å². The lowest BCUT2D eigenvalue weighted by Gasteiger charge is -2.31. The van der Waals surface area contributed by atoms with Crippen LogP contribution in [0.4, 0.5) is 0 Å². The quantitative estimate of drug-likeness (QED) is 0.772. The molecule has 1 amide bonds. The molecule has 1 aromatic carbocycles. The van der Waals surface area contributed by atoms with E-state index in [2.05, 4.69) is 16.4 Å². The number of sulfonamides is 1. The predicted octanol–water partition coefficient (Wildman–Crippen LogP) is 1.65. The summed E-state index contributed by atoms with van der Waals surface area (Å²) in [5.41, 5.74) is 2.49. The largest absolute Gasteiger partial charge is 0.348 e. The Morgan fingerprint density at radius 2 is 2.10 bits per heavy atom. The number of nitriles is 1. The van der Waals surface area contributed by atoms with Crippen LogP contribution in [0.3, 0.4) is 0 Å². The van der Waals surface area contributed by atoms with Crippen LogP contribution in [0.25, 0.3) is 0 Å². The Labute approximate surface area is 171 Å². The first-order valence-electron chi connectivity index (χ1n) is 9.52. The molecule has 8 nitrogen and oxygen atoms in total. The maximum absolute atomic E-state index is 12.7. The van der Waals surface area contributed by atoms with Gasteiger partial charge in [-0.05, 0) is 37.5 Å². The summed E-state index contributed by atoms with van der Waals surface area (Å²) < 4.78 is 26.9. The molecule has 0 radical (unpaired) electrons. The Kier molecular flexibility index (Phi) is 6.35. The van der Waals surface area contributed by atoms with Gasteiger partial charge < -0.3 is 9.88 Å². The van der Waals surface area contributed by atoms with Gasteiger partial charge in [0.1, 0.15) is 0 Å². The van der Waals surface area contributed by atoms with Gasteiger partial charge in [0, 0.05) is 19.6 Å². The molecule has 9 heteroatoms. The molecule has 1 unspecified atom stereocenters. The first-order chi connectivity index (χ1) is 13.8. The molecule has 2 heterocycles. The highest BCUT2D eigenvalue weighted by molar-refractivity contribution is 7.88. The highest BCUT2D eigenvalue weighted by Gasteiger charge is 2.31. The van der Waals surface area contributed by atoms with Crippen molar-refractivity contribution < 1.29 is 13.2 Å². The predicted molar refractivity (Wildman–Crippen MR) is 108 cm³/mol. The molecular weight excluding hydrogens is 390 g/mol. The van der Waals surface area contributed by atoms with Crippen molar-refractivity contribution in [2.75, 3.05) is 19.3 Å². The van der Waals surface area contributed by atoms with Gasteiger partial charge >= 0.3 is 0 Å². The van der Waals surface area contributed by atoms with E-state index in [9.17, 15) is 13.2 Å². The Bertz CT molecular complexity index is 1010. The third-order valence-electron chi connectivity index (χ3n) is 5.21. The number of aromatic nitrogens is 2. The number of rotatable bonds is 6. The topological polar surface area (TPSA) is 108 Å². The van der Waals surface area contributed by atoms with Gasteiger partial charge in [-0.2, -0.15) is 5.26 Å². The van der Waals surface area contributed by atoms with Crippen LogP contribution < -0.4 is 5.32 Å². The van der Waals surface area contributed by atoms with E-state index < -0.39 is 10.0 Å². The molecule has 2 atom stereocenters. The van der Waals surface area contributed by atoms with Gasteiger partial charge in [-0.3, -0.25) is 4.79 Å². The fourth-order valence-electron chi connectivity index (χ4n) is 3.57. The van der Waals surface area contributed by atoms with Crippen molar-refractivity contribution in [2.45, 2.75) is 32.4 Å². The number of imidazole rings is 1. The third kappa shape index (κ3) is 5.22. The summed E-state index contributed by atoms with van der Waals surface area (Å²) in [5, 5.41) is 11.9. The average Bonchev–Trinajstić information content (AvgIpc) is 3.16. The normalized spacial score (nSPS) is 18.7. The van der Waals surface area contributed by atoms with E-state index in [1.807, 2.05) is 23.6 Å². The zero-order valence-corrected chi connectivity index (χ0v) is 17.4. The van der Waals surface area contributed by atoms with Gasteiger partial charge in [0.15, 0.2) is 0 Å². The maximum Gasteiger partial charge on any atom is 0.224 e. The van der Waals surface area contributed by atoms with Crippen molar-refractivity contribution in [3.63, 3.8) is 0 Å². The molecule has 1 saturated heterocycles. The first kappa shape index (κ1) is 21.0. The van der Waals surface area contributed by atoms with E-state index in [1.54, 1.807) is 24.7 Å². The lowest BCUT2D eigenvalue weighted by atomic mass is 9.98. The molecule has 154 valence electrons. The molecule has 1 aliphatic heterocycles. The van der Waals surface area contributed by atoms with Gasteiger partial charge in [0.25, 0.3) is 0 Å². The number of hydrogen-bond acceptors (Lipinski definition) is 5. The van der Waals surface area contributed by atoms with Gasteiger partial charge in [-0.25, -0.2) is 17.7 Å². The van der Waals surface area contributed by atoms with Crippen molar-refractivity contribution in [3.8, 4) is 6.07 Å². The van der Waals surface area contributed by atoms with E-state index in [0.717, 1.165) is 11.3 Å². The second-order valence-electron chi connectivity index (χ2n) is 7.45. The standard InChI is InChI=1S/C20H25N5O3S/c1-15(23-20(26)18-4-3-9-25(13-18)29(2,27)28)19-11-22-14-24(19)12-17-7-5-16(10-21)6-8-17/h5-8,11,14-15,18H,3-4,9,12-13H2,1-2H3,(H,23,26)/t15-,18?/m0/s1. The SMILES string of the molecule is C[C@H](NC(=O)C1CCCN(S(C)(=O)=O)C1)c1cncn1Cc1ccc(C#N)cc1. The van der Waals surface area contributed by atoms with Crippen molar-refractivity contribution in [2.24, 2.45) is 5.92 Å². The molecule has 29 heavy (non-hydrogen) atoms. The number of amides is 1. The second kappa shape index (κ2) is 8.76. The van der Waals surface area contributed by atoms with Crippen LogP contribution in [-0.4, -0.2) is 47.5 Å². The molecular formula is C20H25N5O3S. The van der Waals surface area contributed by atoms with E-state index in [4.69, 9.17) is 5.26 Å². The molecule has 0 saturated carbocycles. The molecule has 0 bridgehead atoms. The Morgan fingerprint density at radius 1 is 1.38 bits per heavy atom. The van der Waals surface area contributed by atoms with Crippen LogP contribution in [-0.2, 0) is 21.4 Å². The molecule has 1 fully saturated rings. The summed E-state index contributed by atoms with van der Waals surface area (Å²) in [6.45, 7) is 3.16. The minimum absolute atomic E-state index is 0.142. The van der Waals surface area contributed by atoms with Crippen LogP contribution in [0.2, 0.25) is 0 Å². The highest BCUT2D eigenvalue weighted by atomic mass is 32.2. The zero-order valence-electron chi connectivity index (χ0n) is 16.6. The van der Waals surface area contributed by atoms with Crippen LogP contribution in [0.15, 0.2) is 36.8 Å². The monoisotopic (exact) mass is 415 g/mol. The molecule has 1 aromatic heterocycles. The lowest BCUT2D eigenvalue weighted by molar-refractivity contribution is -0.126. The summed E-state index contributed by atoms with van der Waals surface area (Å²) in [6, 6.07) is 9.17. The van der Waals surface area contributed by atoms with Crippen LogP contribution >= 0.6 is 0 Å². The van der Waals surface area contributed by atoms with E-state index in [-0.39, 0.29) is 24.4 Å². The molecule has 2 aromatic rings. The third-order valence-corrected chi connectivity index (χ3v) is 6.48. The second-order valence-corrected chi connectivity index (χ2v) is 9.43.